The predicted molar refractivity (Wildman–Crippen MR) is 72.1 cm³/mol. The van der Waals surface area contributed by atoms with Crippen molar-refractivity contribution in [3.05, 3.63) is 22.8 Å². The minimum Gasteiger partial charge on any atom is -0.295 e. The molecule has 0 N–H and O–H groups in total. The smallest absolute Gasteiger partial charge is 0.159 e. The third-order valence-corrected chi connectivity index (χ3v) is 5.84. The van der Waals surface area contributed by atoms with Crippen LogP contribution in [0.2, 0.25) is 0 Å². The minimum absolute atomic E-state index is 0.385. The Balaban J connectivity index is 1.76. The molecule has 4 aliphatic rings. The average Bonchev–Trinajstić information content (AvgIpc) is 2.88. The van der Waals surface area contributed by atoms with Crippen molar-refractivity contribution >= 4 is 5.78 Å². The first-order valence-electron chi connectivity index (χ1n) is 7.81. The fraction of sp³-hybridized carbons (Fsp3) is 0.706. The molecule has 0 spiro atoms. The zero-order chi connectivity index (χ0) is 12.1. The molecular weight excluding hydrogens is 220 g/mol. The van der Waals surface area contributed by atoms with Gasteiger partial charge in [0.2, 0.25) is 0 Å². The molecule has 1 heteroatoms. The van der Waals surface area contributed by atoms with E-state index in [2.05, 4.69) is 6.08 Å². The molecule has 3 atom stereocenters. The maximum Gasteiger partial charge on any atom is 0.159 e. The average molecular weight is 242 g/mol. The summed E-state index contributed by atoms with van der Waals surface area (Å²) >= 11 is 0. The maximum atomic E-state index is 12.4. The molecule has 0 heterocycles. The summed E-state index contributed by atoms with van der Waals surface area (Å²) in [5.74, 6) is 2.29. The van der Waals surface area contributed by atoms with Gasteiger partial charge >= 0.3 is 0 Å². The van der Waals surface area contributed by atoms with Gasteiger partial charge in [0.15, 0.2) is 5.78 Å². The third-order valence-electron chi connectivity index (χ3n) is 5.84. The van der Waals surface area contributed by atoms with Crippen molar-refractivity contribution in [3.8, 4) is 0 Å². The lowest BCUT2D eigenvalue weighted by Crippen LogP contribution is -2.38. The van der Waals surface area contributed by atoms with Gasteiger partial charge in [-0.25, -0.2) is 0 Å². The van der Waals surface area contributed by atoms with Crippen LogP contribution in [0.3, 0.4) is 0 Å². The summed E-state index contributed by atoms with van der Waals surface area (Å²) in [4.78, 5) is 12.4. The molecule has 1 nitrogen and oxygen atoms in total. The molecule has 0 aromatic carbocycles. The number of fused-ring (bicyclic) bond motifs is 4. The first kappa shape index (κ1) is 11.0. The number of carbonyl (C=O) groups is 1. The van der Waals surface area contributed by atoms with Crippen LogP contribution in [0.4, 0.5) is 0 Å². The first-order valence-corrected chi connectivity index (χ1v) is 7.81. The van der Waals surface area contributed by atoms with Gasteiger partial charge in [-0.2, -0.15) is 0 Å². The second-order valence-corrected chi connectivity index (χ2v) is 6.64. The number of carbonyl (C=O) groups excluding carboxylic acids is 1. The fourth-order valence-corrected chi connectivity index (χ4v) is 5.03. The number of hydrogen-bond acceptors (Lipinski definition) is 1. The lowest BCUT2D eigenvalue weighted by atomic mass is 9.61. The van der Waals surface area contributed by atoms with Crippen LogP contribution >= 0.6 is 0 Å². The summed E-state index contributed by atoms with van der Waals surface area (Å²) in [5, 5.41) is 0. The Morgan fingerprint density at radius 1 is 0.889 bits per heavy atom. The second kappa shape index (κ2) is 4.08. The van der Waals surface area contributed by atoms with Crippen molar-refractivity contribution in [2.24, 2.45) is 17.8 Å². The molecule has 0 aliphatic heterocycles. The molecular formula is C17H22O. The summed E-state index contributed by atoms with van der Waals surface area (Å²) < 4.78 is 0. The van der Waals surface area contributed by atoms with Crippen molar-refractivity contribution in [2.75, 3.05) is 0 Å². The Bertz CT molecular complexity index is 454. The van der Waals surface area contributed by atoms with Gasteiger partial charge in [0.1, 0.15) is 0 Å². The largest absolute Gasteiger partial charge is 0.295 e. The van der Waals surface area contributed by atoms with Gasteiger partial charge in [-0.05, 0) is 74.0 Å². The van der Waals surface area contributed by atoms with Crippen LogP contribution in [0.15, 0.2) is 22.8 Å². The van der Waals surface area contributed by atoms with E-state index in [4.69, 9.17) is 0 Å². The number of allylic oxidation sites excluding steroid dienone is 4. The monoisotopic (exact) mass is 242 g/mol. The molecule has 0 saturated heterocycles. The van der Waals surface area contributed by atoms with Crippen molar-refractivity contribution in [1.82, 2.24) is 0 Å². The molecule has 0 amide bonds. The molecule has 0 bridgehead atoms. The van der Waals surface area contributed by atoms with Crippen molar-refractivity contribution in [1.29, 1.82) is 0 Å². The highest BCUT2D eigenvalue weighted by Crippen LogP contribution is 2.52. The number of rotatable bonds is 0. The van der Waals surface area contributed by atoms with Crippen LogP contribution < -0.4 is 0 Å². The molecule has 4 aliphatic carbocycles. The van der Waals surface area contributed by atoms with Crippen LogP contribution in [0, 0.1) is 17.8 Å². The SMILES string of the molecule is O=C1C=C2C3=C(CCC3)CCC2C2CCCCC12. The van der Waals surface area contributed by atoms with Crippen LogP contribution in [0.1, 0.15) is 57.8 Å². The summed E-state index contributed by atoms with van der Waals surface area (Å²) in [6.07, 6.45) is 13.7. The highest BCUT2D eigenvalue weighted by Gasteiger charge is 2.43. The van der Waals surface area contributed by atoms with Crippen LogP contribution in [0.25, 0.3) is 0 Å². The van der Waals surface area contributed by atoms with Gasteiger partial charge in [0.05, 0.1) is 0 Å². The van der Waals surface area contributed by atoms with E-state index < -0.39 is 0 Å². The lowest BCUT2D eigenvalue weighted by molar-refractivity contribution is -0.122. The number of ketones is 1. The standard InChI is InChI=1S/C17H22O/c18-17-10-16-12-7-3-4-11(12)8-9-14(16)13-5-1-2-6-15(13)17/h10,13-15H,1-9H2. The molecule has 96 valence electrons. The molecule has 3 unspecified atom stereocenters. The molecule has 18 heavy (non-hydrogen) atoms. The fourth-order valence-electron chi connectivity index (χ4n) is 5.03. The predicted octanol–water partition coefficient (Wildman–Crippen LogP) is 4.19. The van der Waals surface area contributed by atoms with Gasteiger partial charge in [0.25, 0.3) is 0 Å². The molecule has 0 aromatic heterocycles. The Hall–Kier alpha value is -0.850. The summed E-state index contributed by atoms with van der Waals surface area (Å²) in [6, 6.07) is 0. The van der Waals surface area contributed by atoms with E-state index in [1.165, 1.54) is 56.9 Å². The van der Waals surface area contributed by atoms with Gasteiger partial charge < -0.3 is 0 Å². The molecule has 0 aromatic rings. The van der Waals surface area contributed by atoms with E-state index >= 15 is 0 Å². The Morgan fingerprint density at radius 3 is 2.72 bits per heavy atom. The first-order chi connectivity index (χ1) is 8.84. The molecule has 0 radical (unpaired) electrons. The van der Waals surface area contributed by atoms with Gasteiger partial charge in [0, 0.05) is 5.92 Å². The van der Waals surface area contributed by atoms with E-state index in [9.17, 15) is 4.79 Å². The van der Waals surface area contributed by atoms with E-state index in [-0.39, 0.29) is 0 Å². The number of hydrogen-bond donors (Lipinski definition) is 0. The minimum atomic E-state index is 0.385. The Kier molecular flexibility index (Phi) is 2.50. The van der Waals surface area contributed by atoms with Gasteiger partial charge in [-0.15, -0.1) is 0 Å². The van der Waals surface area contributed by atoms with E-state index in [0.29, 0.717) is 17.6 Å². The quantitative estimate of drug-likeness (QED) is 0.622. The van der Waals surface area contributed by atoms with Crippen molar-refractivity contribution in [3.63, 3.8) is 0 Å². The van der Waals surface area contributed by atoms with Gasteiger partial charge in [-0.3, -0.25) is 4.79 Å². The second-order valence-electron chi connectivity index (χ2n) is 6.64. The summed E-state index contributed by atoms with van der Waals surface area (Å²) in [6.45, 7) is 0. The molecule has 1 fully saturated rings. The van der Waals surface area contributed by atoms with Crippen LogP contribution in [-0.2, 0) is 4.79 Å². The zero-order valence-corrected chi connectivity index (χ0v) is 11.1. The normalized spacial score (nSPS) is 39.0. The molecule has 4 rings (SSSR count). The Morgan fingerprint density at radius 2 is 1.78 bits per heavy atom. The van der Waals surface area contributed by atoms with Crippen molar-refractivity contribution in [2.45, 2.75) is 57.8 Å². The van der Waals surface area contributed by atoms with Crippen molar-refractivity contribution < 1.29 is 4.79 Å². The van der Waals surface area contributed by atoms with Crippen LogP contribution in [0.5, 0.6) is 0 Å². The Labute approximate surface area is 109 Å². The maximum absolute atomic E-state index is 12.4. The topological polar surface area (TPSA) is 17.1 Å². The summed E-state index contributed by atoms with van der Waals surface area (Å²) in [7, 11) is 0. The highest BCUT2D eigenvalue weighted by molar-refractivity contribution is 5.94. The third kappa shape index (κ3) is 1.49. The molecule has 1 saturated carbocycles. The zero-order valence-electron chi connectivity index (χ0n) is 11.1. The highest BCUT2D eigenvalue weighted by atomic mass is 16.1. The summed E-state index contributed by atoms with van der Waals surface area (Å²) in [5.41, 5.74) is 4.80. The van der Waals surface area contributed by atoms with E-state index in [1.807, 2.05) is 0 Å². The van der Waals surface area contributed by atoms with Gasteiger partial charge in [-0.1, -0.05) is 18.4 Å². The van der Waals surface area contributed by atoms with E-state index in [0.717, 1.165) is 12.3 Å². The lowest BCUT2D eigenvalue weighted by Gasteiger charge is -2.43. The van der Waals surface area contributed by atoms with E-state index in [1.54, 1.807) is 11.1 Å². The van der Waals surface area contributed by atoms with Crippen LogP contribution in [-0.4, -0.2) is 5.78 Å².